The van der Waals surface area contributed by atoms with Gasteiger partial charge in [-0.2, -0.15) is 0 Å². The minimum absolute atomic E-state index is 0.00546. The molecule has 0 bridgehead atoms. The van der Waals surface area contributed by atoms with E-state index in [9.17, 15) is 9.59 Å². The second kappa shape index (κ2) is 8.78. The van der Waals surface area contributed by atoms with Crippen LogP contribution in [-0.2, 0) is 28.2 Å². The van der Waals surface area contributed by atoms with E-state index in [1.807, 2.05) is 13.8 Å². The molecule has 1 heterocycles. The molecule has 6 nitrogen and oxygen atoms in total. The van der Waals surface area contributed by atoms with Crippen molar-refractivity contribution >= 4 is 20.3 Å². The second-order valence-electron chi connectivity index (χ2n) is 11.6. The van der Waals surface area contributed by atoms with Gasteiger partial charge in [0, 0.05) is 25.7 Å². The normalized spacial score (nSPS) is 31.1. The van der Waals surface area contributed by atoms with Gasteiger partial charge in [-0.05, 0) is 50.7 Å². The number of esters is 2. The third-order valence-corrected chi connectivity index (χ3v) is 12.4. The van der Waals surface area contributed by atoms with Gasteiger partial charge in [0.1, 0.15) is 5.76 Å². The average Bonchev–Trinajstić information content (AvgIpc) is 2.65. The predicted octanol–water partition coefficient (Wildman–Crippen LogP) is 5.58. The van der Waals surface area contributed by atoms with Gasteiger partial charge in [0.25, 0.3) is 0 Å². The van der Waals surface area contributed by atoms with Crippen molar-refractivity contribution in [3.05, 3.63) is 11.3 Å². The Morgan fingerprint density at radius 1 is 1.19 bits per heavy atom. The maximum Gasteiger partial charge on any atom is 0.341 e. The van der Waals surface area contributed by atoms with Crippen LogP contribution in [0.25, 0.3) is 0 Å². The molecule has 1 saturated carbocycles. The zero-order chi connectivity index (χ0) is 24.1. The number of ether oxygens (including phenoxy) is 3. The van der Waals surface area contributed by atoms with Crippen molar-refractivity contribution in [1.82, 2.24) is 0 Å². The van der Waals surface area contributed by atoms with Gasteiger partial charge in [0.15, 0.2) is 8.32 Å². The maximum absolute atomic E-state index is 13.4. The van der Waals surface area contributed by atoms with Gasteiger partial charge in [-0.1, -0.05) is 33.6 Å². The van der Waals surface area contributed by atoms with E-state index in [1.165, 1.54) is 0 Å². The van der Waals surface area contributed by atoms with E-state index in [4.69, 9.17) is 18.6 Å². The van der Waals surface area contributed by atoms with Gasteiger partial charge in [-0.25, -0.2) is 4.79 Å². The first-order chi connectivity index (χ1) is 14.7. The van der Waals surface area contributed by atoms with Crippen molar-refractivity contribution in [3.63, 3.8) is 0 Å². The summed E-state index contributed by atoms with van der Waals surface area (Å²) in [5.41, 5.74) is 0.497. The van der Waals surface area contributed by atoms with Crippen molar-refractivity contribution in [3.8, 4) is 0 Å². The first kappa shape index (κ1) is 25.3. The summed E-state index contributed by atoms with van der Waals surface area (Å²) in [7, 11) is -2.15. The van der Waals surface area contributed by atoms with E-state index in [0.29, 0.717) is 12.2 Å². The van der Waals surface area contributed by atoms with E-state index in [2.05, 4.69) is 33.9 Å². The summed E-state index contributed by atoms with van der Waals surface area (Å²) >= 11 is 0. The molecule has 5 atom stereocenters. The quantitative estimate of drug-likeness (QED) is 0.389. The average molecular weight is 467 g/mol. The topological polar surface area (TPSA) is 71.1 Å². The number of hydrogen-bond acceptors (Lipinski definition) is 6. The Morgan fingerprint density at radius 3 is 2.41 bits per heavy atom. The Kier molecular flexibility index (Phi) is 6.94. The number of carbonyl (C=O) groups excluding carboxylic acids is 2. The zero-order valence-corrected chi connectivity index (χ0v) is 22.4. The molecule has 3 rings (SSSR count). The summed E-state index contributed by atoms with van der Waals surface area (Å²) in [6.07, 6.45) is 3.63. The van der Waals surface area contributed by atoms with Gasteiger partial charge in [-0.15, -0.1) is 0 Å². The smallest absolute Gasteiger partial charge is 0.341 e. The summed E-state index contributed by atoms with van der Waals surface area (Å²) in [5, 5.41) is 0.00546. The molecule has 32 heavy (non-hydrogen) atoms. The molecule has 0 amide bonds. The molecule has 0 unspecified atom stereocenters. The molecule has 0 radical (unpaired) electrons. The third-order valence-electron chi connectivity index (χ3n) is 7.87. The Morgan fingerprint density at radius 2 is 1.81 bits per heavy atom. The molecule has 1 fully saturated rings. The Bertz CT molecular complexity index is 778. The van der Waals surface area contributed by atoms with E-state index >= 15 is 0 Å². The van der Waals surface area contributed by atoms with Crippen LogP contribution in [0.2, 0.25) is 18.1 Å². The minimum Gasteiger partial charge on any atom is -0.466 e. The molecule has 0 aromatic heterocycles. The van der Waals surface area contributed by atoms with Gasteiger partial charge >= 0.3 is 11.9 Å². The molecular weight excluding hydrogens is 424 g/mol. The van der Waals surface area contributed by atoms with E-state index in [-0.39, 0.29) is 34.9 Å². The number of hydrogen-bond donors (Lipinski definition) is 0. The fourth-order valence-corrected chi connectivity index (χ4v) is 6.89. The zero-order valence-electron chi connectivity index (χ0n) is 21.4. The monoisotopic (exact) mass is 466 g/mol. The Balaban J connectivity index is 2.13. The molecular formula is C25H42O6Si. The second-order valence-corrected chi connectivity index (χ2v) is 16.4. The SMILES string of the molecule is CCOC(=O)[C@@H]1[C@H]2CCCC[C@@H]2C2=C(C(=O)OC(C)(C)O2)[C@@H]1[C@@H](C)O[Si](C)(C)C(C)(C)C. The maximum atomic E-state index is 13.4. The van der Waals surface area contributed by atoms with Crippen molar-refractivity contribution in [2.75, 3.05) is 6.61 Å². The van der Waals surface area contributed by atoms with Crippen LogP contribution in [0.3, 0.4) is 0 Å². The highest BCUT2D eigenvalue weighted by Crippen LogP contribution is 2.54. The molecule has 0 aromatic rings. The summed E-state index contributed by atoms with van der Waals surface area (Å²) < 4.78 is 24.3. The van der Waals surface area contributed by atoms with Gasteiger partial charge in [0.05, 0.1) is 24.2 Å². The minimum atomic E-state index is -2.15. The number of fused-ring (bicyclic) bond motifs is 2. The van der Waals surface area contributed by atoms with Crippen LogP contribution in [0.4, 0.5) is 0 Å². The van der Waals surface area contributed by atoms with Gasteiger partial charge in [0.2, 0.25) is 5.79 Å². The lowest BCUT2D eigenvalue weighted by Gasteiger charge is -2.51. The molecule has 1 aliphatic heterocycles. The van der Waals surface area contributed by atoms with Gasteiger partial charge in [-0.3, -0.25) is 4.79 Å². The lowest BCUT2D eigenvalue weighted by molar-refractivity contribution is -0.219. The summed E-state index contributed by atoms with van der Waals surface area (Å²) in [4.78, 5) is 26.7. The van der Waals surface area contributed by atoms with E-state index in [1.54, 1.807) is 13.8 Å². The van der Waals surface area contributed by atoms with Crippen LogP contribution in [0.15, 0.2) is 11.3 Å². The number of cyclic esters (lactones) is 1. The summed E-state index contributed by atoms with van der Waals surface area (Å²) in [6, 6.07) is 0. The first-order valence-corrected chi connectivity index (χ1v) is 15.1. The highest BCUT2D eigenvalue weighted by atomic mass is 28.4. The highest BCUT2D eigenvalue weighted by molar-refractivity contribution is 6.74. The van der Waals surface area contributed by atoms with Crippen LogP contribution in [0, 0.1) is 23.7 Å². The molecule has 7 heteroatoms. The molecule has 2 aliphatic carbocycles. The number of rotatable bonds is 5. The summed E-state index contributed by atoms with van der Waals surface area (Å²) in [5.74, 6) is -1.66. The Hall–Kier alpha value is -1.34. The van der Waals surface area contributed by atoms with Crippen LogP contribution >= 0.6 is 0 Å². The highest BCUT2D eigenvalue weighted by Gasteiger charge is 2.57. The number of carbonyl (C=O) groups is 2. The third kappa shape index (κ3) is 4.65. The molecule has 182 valence electrons. The van der Waals surface area contributed by atoms with Crippen molar-refractivity contribution < 1.29 is 28.2 Å². The van der Waals surface area contributed by atoms with Crippen molar-refractivity contribution in [1.29, 1.82) is 0 Å². The first-order valence-electron chi connectivity index (χ1n) is 12.2. The largest absolute Gasteiger partial charge is 0.466 e. The fourth-order valence-electron chi connectivity index (χ4n) is 5.46. The van der Waals surface area contributed by atoms with Crippen LogP contribution in [-0.4, -0.2) is 38.8 Å². The van der Waals surface area contributed by atoms with Crippen LogP contribution in [0.5, 0.6) is 0 Å². The fraction of sp³-hybridized carbons (Fsp3) is 0.840. The van der Waals surface area contributed by atoms with Gasteiger partial charge < -0.3 is 18.6 Å². The molecule has 0 aromatic carbocycles. The Labute approximate surface area is 194 Å². The van der Waals surface area contributed by atoms with Crippen molar-refractivity contribution in [2.24, 2.45) is 23.7 Å². The lowest BCUT2D eigenvalue weighted by atomic mass is 9.60. The predicted molar refractivity (Wildman–Crippen MR) is 125 cm³/mol. The summed E-state index contributed by atoms with van der Waals surface area (Å²) in [6.45, 7) is 18.7. The van der Waals surface area contributed by atoms with Crippen LogP contribution < -0.4 is 0 Å². The van der Waals surface area contributed by atoms with Crippen molar-refractivity contribution in [2.45, 2.75) is 104 Å². The van der Waals surface area contributed by atoms with Crippen LogP contribution in [0.1, 0.15) is 74.1 Å². The molecule has 0 N–H and O–H groups in total. The lowest BCUT2D eigenvalue weighted by Crippen LogP contribution is -2.55. The molecule has 0 spiro atoms. The molecule has 3 aliphatic rings. The number of allylic oxidation sites excluding steroid dienone is 1. The standard InChI is InChI=1S/C25H42O6Si/c1-10-28-22(26)19-16-13-11-12-14-17(16)21-20(23(27)30-25(6,7)29-21)18(19)15(2)31-32(8,9)24(3,4)5/h15-19H,10-14H2,1-9H3/t15-,16+,17+,18-,19-/m1/s1. The van der Waals surface area contributed by atoms with E-state index < -0.39 is 25.9 Å². The van der Waals surface area contributed by atoms with E-state index in [0.717, 1.165) is 31.4 Å². The molecule has 0 saturated heterocycles.